The topological polar surface area (TPSA) is 66.7 Å². The predicted molar refractivity (Wildman–Crippen MR) is 74.1 cm³/mol. The quantitative estimate of drug-likeness (QED) is 0.722. The first-order chi connectivity index (χ1) is 8.81. The first kappa shape index (κ1) is 10.9. The van der Waals surface area contributed by atoms with E-state index in [9.17, 15) is 0 Å². The van der Waals surface area contributed by atoms with Crippen molar-refractivity contribution in [3.05, 3.63) is 47.3 Å². The molecule has 1 heterocycles. The number of H-pyrrole nitrogens is 1. The van der Waals surface area contributed by atoms with Gasteiger partial charge in [0, 0.05) is 12.2 Å². The van der Waals surface area contributed by atoms with E-state index < -0.39 is 0 Å². The summed E-state index contributed by atoms with van der Waals surface area (Å²) in [4.78, 5) is 7.82. The lowest BCUT2D eigenvalue weighted by Gasteiger charge is -2.03. The van der Waals surface area contributed by atoms with E-state index >= 15 is 0 Å². The number of hydrogen-bond donors (Lipinski definition) is 3. The van der Waals surface area contributed by atoms with E-state index in [1.54, 1.807) is 0 Å². The molecule has 18 heavy (non-hydrogen) atoms. The van der Waals surface area contributed by atoms with Crippen molar-refractivity contribution in [1.82, 2.24) is 9.97 Å². The Balaban J connectivity index is 1.70. The number of rotatable bonds is 3. The number of nitrogens with two attached hydrogens (primary N) is 1. The number of allylic oxidation sites excluding steroid dienone is 1. The van der Waals surface area contributed by atoms with Gasteiger partial charge in [0.25, 0.3) is 0 Å². The average molecular weight is 240 g/mol. The summed E-state index contributed by atoms with van der Waals surface area (Å²) in [7, 11) is 0. The third kappa shape index (κ3) is 2.22. The summed E-state index contributed by atoms with van der Waals surface area (Å²) in [5.74, 6) is 0.828. The zero-order valence-corrected chi connectivity index (χ0v) is 10.1. The highest BCUT2D eigenvalue weighted by Crippen LogP contribution is 2.19. The number of nitrogens with one attached hydrogen (secondary N) is 2. The Morgan fingerprint density at radius 3 is 3.17 bits per heavy atom. The summed E-state index contributed by atoms with van der Waals surface area (Å²) in [6.07, 6.45) is 6.36. The molecule has 1 aliphatic carbocycles. The van der Waals surface area contributed by atoms with Gasteiger partial charge in [0.05, 0.1) is 11.4 Å². The Kier molecular flexibility index (Phi) is 2.76. The maximum Gasteiger partial charge on any atom is 0.201 e. The van der Waals surface area contributed by atoms with Crippen LogP contribution in [-0.2, 0) is 13.0 Å². The minimum absolute atomic E-state index is 0.723. The van der Waals surface area contributed by atoms with Gasteiger partial charge >= 0.3 is 0 Å². The molecule has 0 radical (unpaired) electrons. The lowest BCUT2D eigenvalue weighted by molar-refractivity contribution is 0.942. The fourth-order valence-electron chi connectivity index (χ4n) is 2.15. The third-order valence-corrected chi connectivity index (χ3v) is 3.05. The van der Waals surface area contributed by atoms with Crippen LogP contribution in [0.25, 0.3) is 6.08 Å². The highest BCUT2D eigenvalue weighted by molar-refractivity contribution is 5.53. The standard InChI is InChI=1S/C14H16N4/c15-11-5-3-4-10(8-11)9-16-14-17-12-6-1-2-7-13(12)18-14/h1,3-6,8H,2,7,9,15H2,(H2,16,17,18). The van der Waals surface area contributed by atoms with Crippen molar-refractivity contribution < 1.29 is 0 Å². The molecule has 2 aromatic rings. The predicted octanol–water partition coefficient (Wildman–Crippen LogP) is 2.56. The van der Waals surface area contributed by atoms with Crippen molar-refractivity contribution in [2.24, 2.45) is 0 Å². The van der Waals surface area contributed by atoms with Gasteiger partial charge in [-0.15, -0.1) is 0 Å². The van der Waals surface area contributed by atoms with E-state index in [0.29, 0.717) is 0 Å². The molecule has 0 unspecified atom stereocenters. The van der Waals surface area contributed by atoms with Gasteiger partial charge in [0.15, 0.2) is 0 Å². The molecule has 4 N–H and O–H groups in total. The molecule has 4 heteroatoms. The van der Waals surface area contributed by atoms with Gasteiger partial charge in [-0.3, -0.25) is 0 Å². The molecule has 1 aliphatic rings. The van der Waals surface area contributed by atoms with Crippen LogP contribution in [0, 0.1) is 0 Å². The Bertz CT molecular complexity index is 583. The normalized spacial score (nSPS) is 13.3. The SMILES string of the molecule is Nc1cccc(CNc2nc3c([nH]2)C=CCC3)c1. The Morgan fingerprint density at radius 2 is 2.33 bits per heavy atom. The van der Waals surface area contributed by atoms with Crippen molar-refractivity contribution in [3.8, 4) is 0 Å². The molecule has 4 nitrogen and oxygen atoms in total. The summed E-state index contributed by atoms with van der Waals surface area (Å²) in [5.41, 5.74) is 9.95. The van der Waals surface area contributed by atoms with Crippen LogP contribution < -0.4 is 11.1 Å². The zero-order valence-electron chi connectivity index (χ0n) is 10.1. The largest absolute Gasteiger partial charge is 0.399 e. The van der Waals surface area contributed by atoms with Gasteiger partial charge in [0.2, 0.25) is 5.95 Å². The summed E-state index contributed by atoms with van der Waals surface area (Å²) in [5, 5.41) is 3.29. The van der Waals surface area contributed by atoms with Crippen LogP contribution in [0.1, 0.15) is 23.4 Å². The van der Waals surface area contributed by atoms with E-state index in [1.807, 2.05) is 24.3 Å². The molecule has 0 spiro atoms. The first-order valence-electron chi connectivity index (χ1n) is 6.15. The summed E-state index contributed by atoms with van der Waals surface area (Å²) >= 11 is 0. The van der Waals surface area contributed by atoms with Gasteiger partial charge in [0.1, 0.15) is 0 Å². The number of benzene rings is 1. The van der Waals surface area contributed by atoms with Gasteiger partial charge in [-0.05, 0) is 36.6 Å². The molecule has 0 atom stereocenters. The number of aryl methyl sites for hydroxylation is 1. The Hall–Kier alpha value is -2.23. The molecule has 1 aromatic carbocycles. The molecular formula is C14H16N4. The Morgan fingerprint density at radius 1 is 1.39 bits per heavy atom. The highest BCUT2D eigenvalue weighted by Gasteiger charge is 2.10. The molecule has 0 bridgehead atoms. The molecule has 0 saturated heterocycles. The molecular weight excluding hydrogens is 224 g/mol. The van der Waals surface area contributed by atoms with E-state index in [0.717, 1.165) is 48.0 Å². The van der Waals surface area contributed by atoms with Crippen molar-refractivity contribution >= 4 is 17.7 Å². The van der Waals surface area contributed by atoms with Crippen LogP contribution in [0.2, 0.25) is 0 Å². The van der Waals surface area contributed by atoms with Crippen LogP contribution in [0.4, 0.5) is 11.6 Å². The number of nitrogen functional groups attached to an aromatic ring is 1. The zero-order chi connectivity index (χ0) is 12.4. The van der Waals surface area contributed by atoms with Gasteiger partial charge in [-0.1, -0.05) is 18.2 Å². The van der Waals surface area contributed by atoms with E-state index in [-0.39, 0.29) is 0 Å². The van der Waals surface area contributed by atoms with Crippen LogP contribution in [-0.4, -0.2) is 9.97 Å². The highest BCUT2D eigenvalue weighted by atomic mass is 15.1. The maximum absolute atomic E-state index is 5.75. The summed E-state index contributed by atoms with van der Waals surface area (Å²) in [6, 6.07) is 7.87. The molecule has 0 aliphatic heterocycles. The van der Waals surface area contributed by atoms with E-state index in [2.05, 4.69) is 27.4 Å². The van der Waals surface area contributed by atoms with Crippen molar-refractivity contribution in [1.29, 1.82) is 0 Å². The lowest BCUT2D eigenvalue weighted by Crippen LogP contribution is -2.01. The second kappa shape index (κ2) is 4.56. The minimum Gasteiger partial charge on any atom is -0.399 e. The fraction of sp³-hybridized carbons (Fsp3) is 0.214. The molecule has 0 fully saturated rings. The van der Waals surface area contributed by atoms with Crippen LogP contribution in [0.5, 0.6) is 0 Å². The minimum atomic E-state index is 0.723. The van der Waals surface area contributed by atoms with Crippen LogP contribution in [0.15, 0.2) is 30.3 Å². The van der Waals surface area contributed by atoms with Crippen LogP contribution in [0.3, 0.4) is 0 Å². The smallest absolute Gasteiger partial charge is 0.201 e. The second-order valence-electron chi connectivity index (χ2n) is 4.49. The van der Waals surface area contributed by atoms with Gasteiger partial charge in [-0.25, -0.2) is 4.98 Å². The fourth-order valence-corrected chi connectivity index (χ4v) is 2.15. The van der Waals surface area contributed by atoms with Gasteiger partial charge < -0.3 is 16.0 Å². The van der Waals surface area contributed by atoms with Crippen LogP contribution >= 0.6 is 0 Å². The van der Waals surface area contributed by atoms with Crippen molar-refractivity contribution in [2.75, 3.05) is 11.1 Å². The molecule has 92 valence electrons. The number of hydrogen-bond acceptors (Lipinski definition) is 3. The molecule has 0 saturated carbocycles. The van der Waals surface area contributed by atoms with E-state index in [4.69, 9.17) is 5.73 Å². The maximum atomic E-state index is 5.75. The second-order valence-corrected chi connectivity index (χ2v) is 4.49. The van der Waals surface area contributed by atoms with Gasteiger partial charge in [-0.2, -0.15) is 0 Å². The van der Waals surface area contributed by atoms with Crippen molar-refractivity contribution in [2.45, 2.75) is 19.4 Å². The number of fused-ring (bicyclic) bond motifs is 1. The molecule has 3 rings (SSSR count). The average Bonchev–Trinajstić information content (AvgIpc) is 2.79. The Labute approximate surface area is 106 Å². The number of imidazole rings is 1. The number of aromatic amines is 1. The first-order valence-corrected chi connectivity index (χ1v) is 6.15. The number of anilines is 2. The lowest BCUT2D eigenvalue weighted by atomic mass is 10.1. The molecule has 0 amide bonds. The van der Waals surface area contributed by atoms with Crippen molar-refractivity contribution in [3.63, 3.8) is 0 Å². The molecule has 1 aromatic heterocycles. The number of nitrogens with zero attached hydrogens (tertiary/aromatic N) is 1. The monoisotopic (exact) mass is 240 g/mol. The third-order valence-electron chi connectivity index (χ3n) is 3.05. The summed E-state index contributed by atoms with van der Waals surface area (Å²) < 4.78 is 0. The summed E-state index contributed by atoms with van der Waals surface area (Å²) in [6.45, 7) is 0.723. The van der Waals surface area contributed by atoms with E-state index in [1.165, 1.54) is 0 Å². The number of aromatic nitrogens is 2.